The van der Waals surface area contributed by atoms with Crippen molar-refractivity contribution in [2.75, 3.05) is 0 Å². The smallest absolute Gasteiger partial charge is 0.0826 e. The molecule has 0 amide bonds. The minimum Gasteiger partial charge on any atom is -0.254 e. The second-order valence-corrected chi connectivity index (χ2v) is 2.26. The van der Waals surface area contributed by atoms with E-state index in [0.717, 1.165) is 11.0 Å². The zero-order chi connectivity index (χ0) is 6.41. The van der Waals surface area contributed by atoms with Crippen molar-refractivity contribution in [1.29, 1.82) is 0 Å². The number of hydrogen-bond donors (Lipinski definition) is 0. The van der Waals surface area contributed by atoms with Gasteiger partial charge in [0.05, 0.1) is 4.62 Å². The zero-order valence-corrected chi connectivity index (χ0v) is 6.77. The molecular weight excluding hydrogens is 166 g/mol. The molecule has 0 spiro atoms. The Bertz CT molecular complexity index is 105. The van der Waals surface area contributed by atoms with Crippen LogP contribution >= 0.6 is 15.9 Å². The lowest BCUT2D eigenvalue weighted by atomic mass is 10.5. The van der Waals surface area contributed by atoms with Crippen LogP contribution in [0.25, 0.3) is 0 Å². The molecule has 0 aliphatic rings. The Morgan fingerprint density at radius 2 is 2.38 bits per heavy atom. The molecule has 1 nitrogen and oxygen atoms in total. The highest BCUT2D eigenvalue weighted by molar-refractivity contribution is 9.18. The summed E-state index contributed by atoms with van der Waals surface area (Å²) in [5, 5.41) is 0. The third kappa shape index (κ3) is 4.06. The van der Waals surface area contributed by atoms with E-state index in [9.17, 15) is 0 Å². The SMILES string of the molecule is C/C=C\N=C(Br)CC. The van der Waals surface area contributed by atoms with Gasteiger partial charge in [-0.25, -0.2) is 0 Å². The Labute approximate surface area is 58.6 Å². The molecule has 0 saturated heterocycles. The summed E-state index contributed by atoms with van der Waals surface area (Å²) >= 11 is 3.28. The van der Waals surface area contributed by atoms with E-state index < -0.39 is 0 Å². The van der Waals surface area contributed by atoms with E-state index in [1.165, 1.54) is 0 Å². The number of aliphatic imine (C=N–C) groups is 1. The van der Waals surface area contributed by atoms with E-state index in [2.05, 4.69) is 27.8 Å². The first kappa shape index (κ1) is 7.89. The number of allylic oxidation sites excluding steroid dienone is 1. The quantitative estimate of drug-likeness (QED) is 0.573. The lowest BCUT2D eigenvalue weighted by molar-refractivity contribution is 1.30. The molecule has 8 heavy (non-hydrogen) atoms. The first-order chi connectivity index (χ1) is 3.81. The normalized spacial score (nSPS) is 13.1. The number of rotatable bonds is 2. The van der Waals surface area contributed by atoms with E-state index in [1.54, 1.807) is 6.20 Å². The molecule has 0 aromatic heterocycles. The van der Waals surface area contributed by atoms with Crippen LogP contribution in [-0.2, 0) is 0 Å². The van der Waals surface area contributed by atoms with Crippen molar-refractivity contribution in [3.8, 4) is 0 Å². The monoisotopic (exact) mass is 175 g/mol. The number of halogens is 1. The summed E-state index contributed by atoms with van der Waals surface area (Å²) in [7, 11) is 0. The van der Waals surface area contributed by atoms with Gasteiger partial charge in [0.2, 0.25) is 0 Å². The Morgan fingerprint density at radius 3 is 2.75 bits per heavy atom. The molecule has 0 unspecified atom stereocenters. The summed E-state index contributed by atoms with van der Waals surface area (Å²) in [5.41, 5.74) is 0. The van der Waals surface area contributed by atoms with Crippen molar-refractivity contribution in [2.24, 2.45) is 4.99 Å². The van der Waals surface area contributed by atoms with Crippen molar-refractivity contribution >= 4 is 20.6 Å². The van der Waals surface area contributed by atoms with Gasteiger partial charge >= 0.3 is 0 Å². The van der Waals surface area contributed by atoms with E-state index in [1.807, 2.05) is 13.0 Å². The van der Waals surface area contributed by atoms with Crippen LogP contribution in [0.15, 0.2) is 17.3 Å². The molecular formula is C6H10BrN. The van der Waals surface area contributed by atoms with Gasteiger partial charge in [0.1, 0.15) is 0 Å². The Hall–Kier alpha value is -0.110. The van der Waals surface area contributed by atoms with Crippen molar-refractivity contribution in [2.45, 2.75) is 20.3 Å². The first-order valence-electron chi connectivity index (χ1n) is 2.64. The van der Waals surface area contributed by atoms with Crippen LogP contribution in [0.4, 0.5) is 0 Å². The van der Waals surface area contributed by atoms with Crippen molar-refractivity contribution in [3.05, 3.63) is 12.3 Å². The van der Waals surface area contributed by atoms with Crippen LogP contribution in [0.1, 0.15) is 20.3 Å². The van der Waals surface area contributed by atoms with Gasteiger partial charge in [-0.2, -0.15) is 0 Å². The summed E-state index contributed by atoms with van der Waals surface area (Å²) in [6, 6.07) is 0. The van der Waals surface area contributed by atoms with Gasteiger partial charge in [-0.3, -0.25) is 4.99 Å². The van der Waals surface area contributed by atoms with Crippen molar-refractivity contribution in [1.82, 2.24) is 0 Å². The molecule has 0 rings (SSSR count). The van der Waals surface area contributed by atoms with Gasteiger partial charge in [0, 0.05) is 6.20 Å². The lowest BCUT2D eigenvalue weighted by Crippen LogP contribution is -1.76. The van der Waals surface area contributed by atoms with E-state index in [4.69, 9.17) is 0 Å². The fraction of sp³-hybridized carbons (Fsp3) is 0.500. The van der Waals surface area contributed by atoms with Crippen LogP contribution in [0.5, 0.6) is 0 Å². The van der Waals surface area contributed by atoms with Crippen LogP contribution in [0, 0.1) is 0 Å². The molecule has 0 radical (unpaired) electrons. The van der Waals surface area contributed by atoms with E-state index in [-0.39, 0.29) is 0 Å². The molecule has 0 N–H and O–H groups in total. The second kappa shape index (κ2) is 5.04. The molecule has 0 saturated carbocycles. The van der Waals surface area contributed by atoms with Crippen LogP contribution in [-0.4, -0.2) is 4.62 Å². The molecule has 0 aromatic carbocycles. The molecule has 2 heteroatoms. The fourth-order valence-corrected chi connectivity index (χ4v) is 0.365. The molecule has 46 valence electrons. The molecule has 0 fully saturated rings. The largest absolute Gasteiger partial charge is 0.254 e. The lowest BCUT2D eigenvalue weighted by Gasteiger charge is -1.83. The van der Waals surface area contributed by atoms with Gasteiger partial charge in [-0.15, -0.1) is 0 Å². The van der Waals surface area contributed by atoms with Gasteiger partial charge in [-0.05, 0) is 29.3 Å². The Balaban J connectivity index is 3.57. The van der Waals surface area contributed by atoms with Gasteiger partial charge < -0.3 is 0 Å². The first-order valence-corrected chi connectivity index (χ1v) is 3.44. The predicted molar refractivity (Wildman–Crippen MR) is 41.5 cm³/mol. The minimum atomic E-state index is 0.963. The summed E-state index contributed by atoms with van der Waals surface area (Å²) in [4.78, 5) is 4.01. The maximum atomic E-state index is 4.01. The van der Waals surface area contributed by atoms with Crippen LogP contribution < -0.4 is 0 Å². The molecule has 0 bridgehead atoms. The predicted octanol–water partition coefficient (Wildman–Crippen LogP) is 2.72. The average Bonchev–Trinajstić information content (AvgIpc) is 1.83. The van der Waals surface area contributed by atoms with Gasteiger partial charge in [0.25, 0.3) is 0 Å². The van der Waals surface area contributed by atoms with E-state index >= 15 is 0 Å². The zero-order valence-electron chi connectivity index (χ0n) is 5.19. The van der Waals surface area contributed by atoms with Crippen molar-refractivity contribution < 1.29 is 0 Å². The van der Waals surface area contributed by atoms with Gasteiger partial charge in [0.15, 0.2) is 0 Å². The third-order valence-electron chi connectivity index (χ3n) is 0.655. The molecule has 0 aliphatic heterocycles. The minimum absolute atomic E-state index is 0.963. The second-order valence-electron chi connectivity index (χ2n) is 1.34. The Kier molecular flexibility index (Phi) is 4.97. The average molecular weight is 176 g/mol. The highest BCUT2D eigenvalue weighted by Crippen LogP contribution is 1.94. The standard InChI is InChI=1S/C6H10BrN/c1-3-5-8-6(7)4-2/h3,5H,4H2,1-2H3/b5-3-,8-6?. The molecule has 0 heterocycles. The summed E-state index contributed by atoms with van der Waals surface area (Å²) < 4.78 is 0.996. The molecule has 0 aliphatic carbocycles. The third-order valence-corrected chi connectivity index (χ3v) is 1.42. The fourth-order valence-electron chi connectivity index (χ4n) is 0.247. The van der Waals surface area contributed by atoms with E-state index in [0.29, 0.717) is 0 Å². The highest BCUT2D eigenvalue weighted by atomic mass is 79.9. The Morgan fingerprint density at radius 1 is 1.75 bits per heavy atom. The molecule has 0 atom stereocenters. The van der Waals surface area contributed by atoms with Crippen LogP contribution in [0.2, 0.25) is 0 Å². The highest BCUT2D eigenvalue weighted by Gasteiger charge is 1.80. The topological polar surface area (TPSA) is 12.4 Å². The maximum Gasteiger partial charge on any atom is 0.0826 e. The van der Waals surface area contributed by atoms with Crippen LogP contribution in [0.3, 0.4) is 0 Å². The molecule has 0 aromatic rings. The summed E-state index contributed by atoms with van der Waals surface area (Å²) in [5.74, 6) is 0. The van der Waals surface area contributed by atoms with Gasteiger partial charge in [-0.1, -0.05) is 13.0 Å². The summed E-state index contributed by atoms with van der Waals surface area (Å²) in [6.45, 7) is 4.00. The number of hydrogen-bond acceptors (Lipinski definition) is 1. The summed E-state index contributed by atoms with van der Waals surface area (Å²) in [6.07, 6.45) is 4.63. The maximum absolute atomic E-state index is 4.01. The number of nitrogens with zero attached hydrogens (tertiary/aromatic N) is 1. The van der Waals surface area contributed by atoms with Crippen molar-refractivity contribution in [3.63, 3.8) is 0 Å².